The number of anilines is 1. The summed E-state index contributed by atoms with van der Waals surface area (Å²) in [5, 5.41) is 3.12. The van der Waals surface area contributed by atoms with Gasteiger partial charge in [0, 0.05) is 45.5 Å². The number of amides is 1. The average molecular weight is 345 g/mol. The Hall–Kier alpha value is -1.69. The maximum absolute atomic E-state index is 12.6. The van der Waals surface area contributed by atoms with E-state index in [0.29, 0.717) is 18.2 Å². The van der Waals surface area contributed by atoms with Gasteiger partial charge < -0.3 is 15.1 Å². The number of aromatic nitrogens is 2. The van der Waals surface area contributed by atoms with Gasteiger partial charge in [-0.2, -0.15) is 0 Å². The standard InChI is InChI=1S/C19H31N5O/c1-20-19-17(21-8-9-22-19)14-16-6-5-12-24(15-16)18(25)7-13-23-10-3-2-4-11-23/h8-9,16H,2-7,10-15H2,1H3,(H,20,22)/t16-/m0/s1. The van der Waals surface area contributed by atoms with E-state index in [1.807, 2.05) is 7.05 Å². The number of carbonyl (C=O) groups excluding carboxylic acids is 1. The van der Waals surface area contributed by atoms with Crippen LogP contribution in [0.4, 0.5) is 5.82 Å². The number of hydrogen-bond acceptors (Lipinski definition) is 5. The fourth-order valence-electron chi connectivity index (χ4n) is 4.05. The molecule has 0 spiro atoms. The quantitative estimate of drug-likeness (QED) is 0.856. The number of hydrogen-bond donors (Lipinski definition) is 1. The number of carbonyl (C=O) groups is 1. The van der Waals surface area contributed by atoms with Crippen molar-refractivity contribution in [3.05, 3.63) is 18.1 Å². The lowest BCUT2D eigenvalue weighted by molar-refractivity contribution is -0.133. The highest BCUT2D eigenvalue weighted by Crippen LogP contribution is 2.23. The van der Waals surface area contributed by atoms with E-state index in [4.69, 9.17) is 0 Å². The average Bonchev–Trinajstić information content (AvgIpc) is 2.67. The van der Waals surface area contributed by atoms with E-state index < -0.39 is 0 Å². The van der Waals surface area contributed by atoms with Crippen LogP contribution in [0.3, 0.4) is 0 Å². The van der Waals surface area contributed by atoms with Crippen LogP contribution in [0.25, 0.3) is 0 Å². The molecule has 1 aromatic rings. The van der Waals surface area contributed by atoms with Crippen LogP contribution in [0, 0.1) is 5.92 Å². The second-order valence-corrected chi connectivity index (χ2v) is 7.31. The molecule has 1 atom stereocenters. The number of piperidine rings is 2. The van der Waals surface area contributed by atoms with Gasteiger partial charge in [-0.1, -0.05) is 6.42 Å². The van der Waals surface area contributed by atoms with Gasteiger partial charge in [-0.05, 0) is 51.1 Å². The number of rotatable bonds is 6. The van der Waals surface area contributed by atoms with Crippen molar-refractivity contribution in [2.24, 2.45) is 5.92 Å². The molecule has 6 heteroatoms. The maximum atomic E-state index is 12.6. The molecular weight excluding hydrogens is 314 g/mol. The van der Waals surface area contributed by atoms with E-state index in [9.17, 15) is 4.79 Å². The molecule has 0 saturated carbocycles. The second-order valence-electron chi connectivity index (χ2n) is 7.31. The minimum absolute atomic E-state index is 0.322. The lowest BCUT2D eigenvalue weighted by atomic mass is 9.93. The van der Waals surface area contributed by atoms with Gasteiger partial charge in [0.05, 0.1) is 5.69 Å². The van der Waals surface area contributed by atoms with Crippen molar-refractivity contribution in [2.75, 3.05) is 45.1 Å². The summed E-state index contributed by atoms with van der Waals surface area (Å²) >= 11 is 0. The Balaban J connectivity index is 1.49. The molecule has 1 N–H and O–H groups in total. The van der Waals surface area contributed by atoms with E-state index in [1.165, 1.54) is 19.3 Å². The molecule has 0 bridgehead atoms. The van der Waals surface area contributed by atoms with Crippen molar-refractivity contribution in [1.29, 1.82) is 0 Å². The molecule has 2 saturated heterocycles. The van der Waals surface area contributed by atoms with Crippen molar-refractivity contribution in [3.8, 4) is 0 Å². The normalized spacial score (nSPS) is 22.0. The molecule has 2 aliphatic heterocycles. The molecular formula is C19H31N5O. The molecule has 25 heavy (non-hydrogen) atoms. The third-order valence-corrected chi connectivity index (χ3v) is 5.46. The van der Waals surface area contributed by atoms with Crippen molar-refractivity contribution in [2.45, 2.75) is 44.9 Å². The lowest BCUT2D eigenvalue weighted by Crippen LogP contribution is -2.42. The van der Waals surface area contributed by atoms with Crippen LogP contribution in [0.5, 0.6) is 0 Å². The Morgan fingerprint density at radius 3 is 2.76 bits per heavy atom. The fourth-order valence-corrected chi connectivity index (χ4v) is 4.05. The Morgan fingerprint density at radius 2 is 1.96 bits per heavy atom. The first kappa shape index (κ1) is 18.1. The molecule has 2 aliphatic rings. The third-order valence-electron chi connectivity index (χ3n) is 5.46. The Kier molecular flexibility index (Phi) is 6.62. The zero-order valence-electron chi connectivity index (χ0n) is 15.4. The predicted molar refractivity (Wildman–Crippen MR) is 99.5 cm³/mol. The summed E-state index contributed by atoms with van der Waals surface area (Å²) in [6.45, 7) is 5.02. The largest absolute Gasteiger partial charge is 0.372 e. The fraction of sp³-hybridized carbons (Fsp3) is 0.737. The number of nitrogens with one attached hydrogen (secondary N) is 1. The maximum Gasteiger partial charge on any atom is 0.223 e. The summed E-state index contributed by atoms with van der Waals surface area (Å²) in [5.74, 6) is 1.66. The van der Waals surface area contributed by atoms with Crippen molar-refractivity contribution in [1.82, 2.24) is 19.8 Å². The van der Waals surface area contributed by atoms with E-state index in [2.05, 4.69) is 25.1 Å². The monoisotopic (exact) mass is 345 g/mol. The molecule has 2 fully saturated rings. The van der Waals surface area contributed by atoms with Crippen molar-refractivity contribution in [3.63, 3.8) is 0 Å². The second kappa shape index (κ2) is 9.13. The smallest absolute Gasteiger partial charge is 0.223 e. The molecule has 6 nitrogen and oxygen atoms in total. The first-order valence-electron chi connectivity index (χ1n) is 9.74. The SMILES string of the molecule is CNc1nccnc1C[C@@H]1CCCN(C(=O)CCN2CCCCC2)C1. The van der Waals surface area contributed by atoms with Gasteiger partial charge in [-0.25, -0.2) is 4.98 Å². The van der Waals surface area contributed by atoms with Crippen LogP contribution in [0.2, 0.25) is 0 Å². The number of likely N-dealkylation sites (tertiary alicyclic amines) is 2. The van der Waals surface area contributed by atoms with Crippen LogP contribution in [0.15, 0.2) is 12.4 Å². The van der Waals surface area contributed by atoms with Crippen LogP contribution < -0.4 is 5.32 Å². The van der Waals surface area contributed by atoms with Gasteiger partial charge in [0.2, 0.25) is 5.91 Å². The highest BCUT2D eigenvalue weighted by Gasteiger charge is 2.25. The molecule has 3 heterocycles. The van der Waals surface area contributed by atoms with Gasteiger partial charge in [0.1, 0.15) is 5.82 Å². The molecule has 1 aromatic heterocycles. The summed E-state index contributed by atoms with van der Waals surface area (Å²) in [5.41, 5.74) is 1.01. The molecule has 0 radical (unpaired) electrons. The molecule has 1 amide bonds. The summed E-state index contributed by atoms with van der Waals surface area (Å²) in [6, 6.07) is 0. The minimum atomic E-state index is 0.322. The molecule has 0 aromatic carbocycles. The summed E-state index contributed by atoms with van der Waals surface area (Å²) in [6.07, 6.45) is 11.2. The Labute approximate surface area is 151 Å². The topological polar surface area (TPSA) is 61.4 Å². The summed E-state index contributed by atoms with van der Waals surface area (Å²) in [4.78, 5) is 26.0. The van der Waals surface area contributed by atoms with Gasteiger partial charge in [-0.3, -0.25) is 9.78 Å². The van der Waals surface area contributed by atoms with Gasteiger partial charge >= 0.3 is 0 Å². The van der Waals surface area contributed by atoms with E-state index in [0.717, 1.165) is 63.5 Å². The molecule has 0 aliphatic carbocycles. The zero-order chi connectivity index (χ0) is 17.5. The first-order chi connectivity index (χ1) is 12.3. The lowest BCUT2D eigenvalue weighted by Gasteiger charge is -2.34. The molecule has 138 valence electrons. The number of nitrogens with zero attached hydrogens (tertiary/aromatic N) is 4. The molecule has 3 rings (SSSR count). The van der Waals surface area contributed by atoms with E-state index in [1.54, 1.807) is 12.4 Å². The van der Waals surface area contributed by atoms with Crippen LogP contribution in [-0.2, 0) is 11.2 Å². The highest BCUT2D eigenvalue weighted by molar-refractivity contribution is 5.76. The van der Waals surface area contributed by atoms with Crippen LogP contribution >= 0.6 is 0 Å². The summed E-state index contributed by atoms with van der Waals surface area (Å²) < 4.78 is 0. The van der Waals surface area contributed by atoms with Gasteiger partial charge in [0.25, 0.3) is 0 Å². The van der Waals surface area contributed by atoms with E-state index in [-0.39, 0.29) is 0 Å². The van der Waals surface area contributed by atoms with Crippen LogP contribution in [-0.4, -0.2) is 65.4 Å². The zero-order valence-corrected chi connectivity index (χ0v) is 15.4. The highest BCUT2D eigenvalue weighted by atomic mass is 16.2. The van der Waals surface area contributed by atoms with Crippen molar-refractivity contribution >= 4 is 11.7 Å². The Bertz CT molecular complexity index is 559. The van der Waals surface area contributed by atoms with Crippen LogP contribution in [0.1, 0.15) is 44.2 Å². The Morgan fingerprint density at radius 1 is 1.16 bits per heavy atom. The van der Waals surface area contributed by atoms with E-state index >= 15 is 0 Å². The third kappa shape index (κ3) is 5.14. The van der Waals surface area contributed by atoms with Gasteiger partial charge in [-0.15, -0.1) is 0 Å². The van der Waals surface area contributed by atoms with Gasteiger partial charge in [0.15, 0.2) is 0 Å². The van der Waals surface area contributed by atoms with Crippen molar-refractivity contribution < 1.29 is 4.79 Å². The first-order valence-corrected chi connectivity index (χ1v) is 9.74. The molecule has 0 unspecified atom stereocenters. The predicted octanol–water partition coefficient (Wildman–Crippen LogP) is 2.18. The summed E-state index contributed by atoms with van der Waals surface area (Å²) in [7, 11) is 1.88. The minimum Gasteiger partial charge on any atom is -0.372 e.